The van der Waals surface area contributed by atoms with Crippen LogP contribution in [0.2, 0.25) is 18.1 Å². The van der Waals surface area contributed by atoms with E-state index < -0.39 is 8.32 Å². The highest BCUT2D eigenvalue weighted by molar-refractivity contribution is 6.74. The largest absolute Gasteiger partial charge is 0.413 e. The lowest BCUT2D eigenvalue weighted by Crippen LogP contribution is -2.67. The summed E-state index contributed by atoms with van der Waals surface area (Å²) in [7, 11) is -1.92. The summed E-state index contributed by atoms with van der Waals surface area (Å²) >= 11 is 6.47. The summed E-state index contributed by atoms with van der Waals surface area (Å²) in [5.41, 5.74) is 1.13. The average molecular weight is 382 g/mol. The van der Waals surface area contributed by atoms with Crippen LogP contribution in [0.25, 0.3) is 0 Å². The highest BCUT2D eigenvalue weighted by atomic mass is 35.5. The van der Waals surface area contributed by atoms with Crippen LogP contribution in [0.15, 0.2) is 30.3 Å². The Bertz CT molecular complexity index is 597. The molecule has 1 aromatic rings. The van der Waals surface area contributed by atoms with E-state index in [0.29, 0.717) is 6.54 Å². The molecule has 25 heavy (non-hydrogen) atoms. The van der Waals surface area contributed by atoms with Gasteiger partial charge in [-0.3, -0.25) is 4.79 Å². The highest BCUT2D eigenvalue weighted by Gasteiger charge is 2.53. The minimum atomic E-state index is -1.92. The number of hydrogen-bond acceptors (Lipinski definition) is 2. The fourth-order valence-electron chi connectivity index (χ4n) is 3.29. The van der Waals surface area contributed by atoms with Crippen LogP contribution in [-0.2, 0) is 15.8 Å². The molecule has 4 atom stereocenters. The van der Waals surface area contributed by atoms with E-state index in [1.807, 2.05) is 49.1 Å². The number of carbonyl (C=O) groups excluding carboxylic acids is 1. The fraction of sp³-hybridized carbons (Fsp3) is 0.650. The number of alkyl halides is 1. The lowest BCUT2D eigenvalue weighted by Gasteiger charge is -2.52. The molecule has 5 heteroatoms. The third kappa shape index (κ3) is 4.29. The number of β-lactam (4-membered cyclic amide) rings is 1. The van der Waals surface area contributed by atoms with E-state index in [4.69, 9.17) is 16.0 Å². The molecule has 1 aliphatic heterocycles. The van der Waals surface area contributed by atoms with E-state index in [9.17, 15) is 4.79 Å². The number of hydrogen-bond donors (Lipinski definition) is 0. The molecule has 0 radical (unpaired) electrons. The van der Waals surface area contributed by atoms with Crippen molar-refractivity contribution in [3.63, 3.8) is 0 Å². The van der Waals surface area contributed by atoms with Crippen LogP contribution >= 0.6 is 11.6 Å². The van der Waals surface area contributed by atoms with Gasteiger partial charge in [-0.2, -0.15) is 0 Å². The van der Waals surface area contributed by atoms with Gasteiger partial charge in [-0.25, -0.2) is 0 Å². The van der Waals surface area contributed by atoms with E-state index in [-0.39, 0.29) is 34.4 Å². The van der Waals surface area contributed by atoms with Gasteiger partial charge in [0.1, 0.15) is 0 Å². The molecule has 1 heterocycles. The van der Waals surface area contributed by atoms with Crippen LogP contribution in [0.5, 0.6) is 0 Å². The third-order valence-electron chi connectivity index (χ3n) is 5.75. The highest BCUT2D eigenvalue weighted by Crippen LogP contribution is 2.42. The maximum absolute atomic E-state index is 12.9. The molecule has 0 N–H and O–H groups in total. The van der Waals surface area contributed by atoms with E-state index >= 15 is 0 Å². The molecule has 1 fully saturated rings. The van der Waals surface area contributed by atoms with Crippen molar-refractivity contribution in [1.29, 1.82) is 0 Å². The minimum absolute atomic E-state index is 0.0224. The zero-order valence-electron chi connectivity index (χ0n) is 16.5. The Balaban J connectivity index is 2.12. The van der Waals surface area contributed by atoms with Gasteiger partial charge in [0.15, 0.2) is 8.32 Å². The third-order valence-corrected chi connectivity index (χ3v) is 10.6. The van der Waals surface area contributed by atoms with Gasteiger partial charge in [0, 0.05) is 6.54 Å². The molecule has 1 saturated heterocycles. The molecule has 140 valence electrons. The zero-order chi connectivity index (χ0) is 19.0. The Hall–Kier alpha value is -0.843. The normalized spacial score (nSPS) is 24.0. The molecule has 3 nitrogen and oxygen atoms in total. The van der Waals surface area contributed by atoms with Gasteiger partial charge in [-0.15, -0.1) is 11.6 Å². The molecule has 1 aromatic carbocycles. The number of rotatable bonds is 6. The van der Waals surface area contributed by atoms with E-state index in [0.717, 1.165) is 5.56 Å². The Morgan fingerprint density at radius 3 is 2.24 bits per heavy atom. The van der Waals surface area contributed by atoms with E-state index in [1.54, 1.807) is 0 Å². The van der Waals surface area contributed by atoms with Gasteiger partial charge < -0.3 is 9.33 Å². The van der Waals surface area contributed by atoms with Crippen molar-refractivity contribution in [2.45, 2.75) is 76.8 Å². The van der Waals surface area contributed by atoms with E-state index in [1.165, 1.54) is 0 Å². The summed E-state index contributed by atoms with van der Waals surface area (Å²) in [5, 5.41) is 0.0247. The summed E-state index contributed by atoms with van der Waals surface area (Å²) in [6.07, 6.45) is -0.105. The van der Waals surface area contributed by atoms with Crippen LogP contribution in [0, 0.1) is 5.92 Å². The maximum atomic E-state index is 12.9. The van der Waals surface area contributed by atoms with Crippen molar-refractivity contribution in [2.24, 2.45) is 5.92 Å². The molecule has 1 aliphatic rings. The van der Waals surface area contributed by atoms with Gasteiger partial charge in [0.05, 0.1) is 23.4 Å². The number of nitrogens with zero attached hydrogens (tertiary/aromatic N) is 1. The summed E-state index contributed by atoms with van der Waals surface area (Å²) in [6.45, 7) is 15.7. The van der Waals surface area contributed by atoms with Crippen LogP contribution in [0.1, 0.15) is 40.2 Å². The lowest BCUT2D eigenvalue weighted by molar-refractivity contribution is -0.164. The molecule has 0 spiro atoms. The molecule has 0 saturated carbocycles. The number of carbonyl (C=O) groups is 1. The van der Waals surface area contributed by atoms with Gasteiger partial charge >= 0.3 is 0 Å². The van der Waals surface area contributed by atoms with Crippen molar-refractivity contribution < 1.29 is 9.22 Å². The van der Waals surface area contributed by atoms with Crippen LogP contribution in [-0.4, -0.2) is 36.6 Å². The molecule has 1 amide bonds. The summed E-state index contributed by atoms with van der Waals surface area (Å²) in [6, 6.07) is 10.1. The predicted molar refractivity (Wildman–Crippen MR) is 107 cm³/mol. The van der Waals surface area contributed by atoms with Gasteiger partial charge in [0.25, 0.3) is 0 Å². The van der Waals surface area contributed by atoms with Crippen molar-refractivity contribution in [2.75, 3.05) is 0 Å². The van der Waals surface area contributed by atoms with Crippen LogP contribution in [0.3, 0.4) is 0 Å². The Morgan fingerprint density at radius 1 is 1.20 bits per heavy atom. The Kier molecular flexibility index (Phi) is 6.07. The maximum Gasteiger partial charge on any atom is 0.231 e. The van der Waals surface area contributed by atoms with Gasteiger partial charge in [-0.05, 0) is 37.5 Å². The average Bonchev–Trinajstić information content (AvgIpc) is 2.48. The van der Waals surface area contributed by atoms with Crippen molar-refractivity contribution in [3.05, 3.63) is 35.9 Å². The topological polar surface area (TPSA) is 29.5 Å². The second-order valence-corrected chi connectivity index (χ2v) is 14.2. The van der Waals surface area contributed by atoms with Crippen molar-refractivity contribution in [3.8, 4) is 0 Å². The minimum Gasteiger partial charge on any atom is -0.413 e. The SMILES string of the molecule is C[C@@H](Cl)[C@@H]1[C@@H]([C@@H](C)O[Si](C)(C)C(C)(C)C)C(=O)N1Cc1ccccc1. The summed E-state index contributed by atoms with van der Waals surface area (Å²) < 4.78 is 6.49. The summed E-state index contributed by atoms with van der Waals surface area (Å²) in [4.78, 5) is 14.8. The molecule has 0 bridgehead atoms. The molecular weight excluding hydrogens is 350 g/mol. The Morgan fingerprint density at radius 2 is 1.76 bits per heavy atom. The smallest absolute Gasteiger partial charge is 0.231 e. The molecule has 0 unspecified atom stereocenters. The monoisotopic (exact) mass is 381 g/mol. The van der Waals surface area contributed by atoms with Crippen molar-refractivity contribution >= 4 is 25.8 Å². The molecular formula is C20H32ClNO2Si. The quantitative estimate of drug-likeness (QED) is 0.392. The van der Waals surface area contributed by atoms with Gasteiger partial charge in [0.2, 0.25) is 5.91 Å². The van der Waals surface area contributed by atoms with E-state index in [2.05, 4.69) is 33.9 Å². The first-order chi connectivity index (χ1) is 11.5. The first kappa shape index (κ1) is 20.5. The lowest BCUT2D eigenvalue weighted by atomic mass is 9.81. The van der Waals surface area contributed by atoms with Crippen LogP contribution in [0.4, 0.5) is 0 Å². The second kappa shape index (κ2) is 7.41. The first-order valence-electron chi connectivity index (χ1n) is 9.12. The standard InChI is InChI=1S/C20H32ClNO2Si/c1-14(21)18-17(15(2)24-25(6,7)20(3,4)5)19(23)22(18)13-16-11-9-8-10-12-16/h8-12,14-15,17-18H,13H2,1-7H3/t14-,15-,17-,18-/m1/s1. The number of halogens is 1. The molecule has 0 aliphatic carbocycles. The zero-order valence-corrected chi connectivity index (χ0v) is 18.3. The van der Waals surface area contributed by atoms with Crippen LogP contribution < -0.4 is 0 Å². The number of benzene rings is 1. The fourth-order valence-corrected chi connectivity index (χ4v) is 5.01. The number of likely N-dealkylation sites (tertiary alicyclic amines) is 1. The molecule has 0 aromatic heterocycles. The predicted octanol–water partition coefficient (Wildman–Crippen LogP) is 5.05. The van der Waals surface area contributed by atoms with Gasteiger partial charge in [-0.1, -0.05) is 51.1 Å². The second-order valence-electron chi connectivity index (χ2n) is 8.73. The molecule has 2 rings (SSSR count). The number of amides is 1. The Labute approximate surface area is 158 Å². The summed E-state index contributed by atoms with van der Waals surface area (Å²) in [5.74, 6) is 0.0119. The first-order valence-corrected chi connectivity index (χ1v) is 12.5. The van der Waals surface area contributed by atoms with Crippen molar-refractivity contribution in [1.82, 2.24) is 4.90 Å².